The van der Waals surface area contributed by atoms with Crippen LogP contribution < -0.4 is 4.74 Å². The van der Waals surface area contributed by atoms with Gasteiger partial charge < -0.3 is 19.5 Å². The van der Waals surface area contributed by atoms with E-state index in [9.17, 15) is 9.59 Å². The molecule has 0 atom stereocenters. The Bertz CT molecular complexity index is 1110. The van der Waals surface area contributed by atoms with E-state index >= 15 is 0 Å². The average molecular weight is 464 g/mol. The van der Waals surface area contributed by atoms with Crippen molar-refractivity contribution in [1.29, 1.82) is 0 Å². The highest BCUT2D eigenvalue weighted by molar-refractivity contribution is 5.88. The highest BCUT2D eigenvalue weighted by atomic mass is 16.5. The highest BCUT2D eigenvalue weighted by Crippen LogP contribution is 2.21. The molecular formula is C28H37N3O3. The van der Waals surface area contributed by atoms with Gasteiger partial charge in [-0.05, 0) is 49.6 Å². The summed E-state index contributed by atoms with van der Waals surface area (Å²) in [5.74, 6) is 0.709. The summed E-state index contributed by atoms with van der Waals surface area (Å²) in [6.07, 6.45) is 2.74. The van der Waals surface area contributed by atoms with Crippen LogP contribution in [0.15, 0.2) is 54.7 Å². The van der Waals surface area contributed by atoms with Crippen LogP contribution in [0, 0.1) is 5.41 Å². The summed E-state index contributed by atoms with van der Waals surface area (Å²) in [5.41, 5.74) is 2.74. The van der Waals surface area contributed by atoms with E-state index in [2.05, 4.69) is 17.1 Å². The van der Waals surface area contributed by atoms with Gasteiger partial charge in [0.1, 0.15) is 12.3 Å². The van der Waals surface area contributed by atoms with E-state index in [1.54, 1.807) is 12.0 Å². The topological polar surface area (TPSA) is 65.6 Å². The number of hydrogen-bond acceptors (Lipinski definition) is 3. The number of methoxy groups -OCH3 is 1. The number of hydrogen-bond donors (Lipinski definition) is 1. The van der Waals surface area contributed by atoms with Gasteiger partial charge in [-0.1, -0.05) is 51.1 Å². The van der Waals surface area contributed by atoms with Gasteiger partial charge in [0.2, 0.25) is 11.8 Å². The molecule has 6 heteroatoms. The molecule has 0 spiro atoms. The van der Waals surface area contributed by atoms with Crippen LogP contribution in [-0.2, 0) is 22.6 Å². The maximum absolute atomic E-state index is 13.5. The second kappa shape index (κ2) is 10.8. The number of benzene rings is 2. The number of nitrogens with one attached hydrogen (secondary N) is 1. The standard InChI is InChI=1S/C28H37N3O3/c1-20(2)31(27(33)28(3,4)5)19-26(32)30(18-21-11-13-23(34-6)14-12-21)16-15-22-17-29-25-10-8-7-9-24(22)25/h7-14,17,20,29H,15-16,18-19H2,1-6H3. The van der Waals surface area contributed by atoms with Crippen molar-refractivity contribution in [2.45, 2.75) is 53.6 Å². The van der Waals surface area contributed by atoms with Crippen LogP contribution in [0.4, 0.5) is 0 Å². The Morgan fingerprint density at radius 3 is 2.32 bits per heavy atom. The fourth-order valence-corrected chi connectivity index (χ4v) is 4.00. The third-order valence-electron chi connectivity index (χ3n) is 6.04. The SMILES string of the molecule is COc1ccc(CN(CCc2c[nH]c3ccccc23)C(=O)CN(C(=O)C(C)(C)C)C(C)C)cc1. The molecule has 3 rings (SSSR count). The summed E-state index contributed by atoms with van der Waals surface area (Å²) in [6, 6.07) is 15.9. The van der Waals surface area contributed by atoms with E-state index in [1.165, 1.54) is 10.9 Å². The first kappa shape index (κ1) is 25.3. The summed E-state index contributed by atoms with van der Waals surface area (Å²) >= 11 is 0. The lowest BCUT2D eigenvalue weighted by atomic mass is 9.94. The molecule has 0 fully saturated rings. The average Bonchev–Trinajstić information content (AvgIpc) is 3.22. The monoisotopic (exact) mass is 463 g/mol. The second-order valence-corrected chi connectivity index (χ2v) is 10.0. The van der Waals surface area contributed by atoms with Crippen molar-refractivity contribution >= 4 is 22.7 Å². The van der Waals surface area contributed by atoms with E-state index in [-0.39, 0.29) is 24.4 Å². The molecule has 0 bridgehead atoms. The lowest BCUT2D eigenvalue weighted by Gasteiger charge is -2.34. The molecule has 182 valence electrons. The quantitative estimate of drug-likeness (QED) is 0.484. The molecule has 0 aliphatic rings. The van der Waals surface area contributed by atoms with Crippen molar-refractivity contribution in [1.82, 2.24) is 14.8 Å². The van der Waals surface area contributed by atoms with Crippen molar-refractivity contribution in [2.24, 2.45) is 5.41 Å². The number of ether oxygens (including phenoxy) is 1. The lowest BCUT2D eigenvalue weighted by Crippen LogP contribution is -2.49. The fraction of sp³-hybridized carbons (Fsp3) is 0.429. The smallest absolute Gasteiger partial charge is 0.242 e. The minimum Gasteiger partial charge on any atom is -0.497 e. The van der Waals surface area contributed by atoms with Crippen LogP contribution in [0.2, 0.25) is 0 Å². The zero-order valence-corrected chi connectivity index (χ0v) is 21.2. The number of aromatic nitrogens is 1. The first-order valence-electron chi connectivity index (χ1n) is 11.9. The van der Waals surface area contributed by atoms with Crippen molar-refractivity contribution < 1.29 is 14.3 Å². The number of aromatic amines is 1. The van der Waals surface area contributed by atoms with Crippen LogP contribution in [0.5, 0.6) is 5.75 Å². The zero-order valence-electron chi connectivity index (χ0n) is 21.2. The van der Waals surface area contributed by atoms with E-state index in [1.807, 2.05) is 82.1 Å². The Labute approximate surface area is 202 Å². The molecule has 1 heterocycles. The largest absolute Gasteiger partial charge is 0.497 e. The summed E-state index contributed by atoms with van der Waals surface area (Å²) < 4.78 is 5.27. The van der Waals surface area contributed by atoms with E-state index in [4.69, 9.17) is 4.74 Å². The normalized spacial score (nSPS) is 11.6. The molecule has 0 unspecified atom stereocenters. The molecule has 0 aliphatic carbocycles. The van der Waals surface area contributed by atoms with Crippen molar-refractivity contribution in [3.63, 3.8) is 0 Å². The fourth-order valence-electron chi connectivity index (χ4n) is 4.00. The van der Waals surface area contributed by atoms with Gasteiger partial charge in [0.15, 0.2) is 0 Å². The molecule has 2 aromatic carbocycles. The van der Waals surface area contributed by atoms with Crippen LogP contribution >= 0.6 is 0 Å². The highest BCUT2D eigenvalue weighted by Gasteiger charge is 2.31. The number of para-hydroxylation sites is 1. The number of amides is 2. The number of carbonyl (C=O) groups excluding carboxylic acids is 2. The second-order valence-electron chi connectivity index (χ2n) is 10.0. The molecule has 0 saturated heterocycles. The minimum absolute atomic E-state index is 0.0168. The van der Waals surface area contributed by atoms with E-state index < -0.39 is 5.41 Å². The Morgan fingerprint density at radius 2 is 1.71 bits per heavy atom. The van der Waals surface area contributed by atoms with Crippen LogP contribution in [0.1, 0.15) is 45.7 Å². The first-order valence-corrected chi connectivity index (χ1v) is 11.9. The van der Waals surface area contributed by atoms with Crippen molar-refractivity contribution in [2.75, 3.05) is 20.2 Å². The molecule has 0 saturated carbocycles. The molecule has 34 heavy (non-hydrogen) atoms. The molecular weight excluding hydrogens is 426 g/mol. The number of fused-ring (bicyclic) bond motifs is 1. The van der Waals surface area contributed by atoms with Gasteiger partial charge in [0, 0.05) is 41.6 Å². The predicted octanol–water partition coefficient (Wildman–Crippen LogP) is 5.03. The molecule has 3 aromatic rings. The molecule has 1 aromatic heterocycles. The number of nitrogens with zero attached hydrogens (tertiary/aromatic N) is 2. The van der Waals surface area contributed by atoms with Gasteiger partial charge >= 0.3 is 0 Å². The molecule has 2 amide bonds. The maximum Gasteiger partial charge on any atom is 0.242 e. The Balaban J connectivity index is 1.81. The number of carbonyl (C=O) groups is 2. The molecule has 0 aliphatic heterocycles. The Morgan fingerprint density at radius 1 is 1.03 bits per heavy atom. The number of H-pyrrole nitrogens is 1. The molecule has 0 radical (unpaired) electrons. The lowest BCUT2D eigenvalue weighted by molar-refractivity contribution is -0.147. The first-order chi connectivity index (χ1) is 16.1. The minimum atomic E-state index is -0.546. The zero-order chi connectivity index (χ0) is 24.9. The van der Waals surface area contributed by atoms with Gasteiger partial charge in [-0.2, -0.15) is 0 Å². The third kappa shape index (κ3) is 6.19. The maximum atomic E-state index is 13.5. The van der Waals surface area contributed by atoms with Gasteiger partial charge in [-0.25, -0.2) is 0 Å². The van der Waals surface area contributed by atoms with E-state index in [0.717, 1.165) is 23.3 Å². The molecule has 1 N–H and O–H groups in total. The van der Waals surface area contributed by atoms with Gasteiger partial charge in [-0.3, -0.25) is 9.59 Å². The summed E-state index contributed by atoms with van der Waals surface area (Å²) in [6.45, 7) is 10.7. The number of rotatable bonds is 9. The van der Waals surface area contributed by atoms with Crippen molar-refractivity contribution in [3.05, 3.63) is 65.9 Å². The Kier molecular flexibility index (Phi) is 8.02. The van der Waals surface area contributed by atoms with Gasteiger partial charge in [0.05, 0.1) is 7.11 Å². The van der Waals surface area contributed by atoms with E-state index in [0.29, 0.717) is 13.1 Å². The predicted molar refractivity (Wildman–Crippen MR) is 137 cm³/mol. The van der Waals surface area contributed by atoms with Gasteiger partial charge in [-0.15, -0.1) is 0 Å². The summed E-state index contributed by atoms with van der Waals surface area (Å²) in [4.78, 5) is 33.4. The van der Waals surface area contributed by atoms with Crippen LogP contribution in [0.3, 0.4) is 0 Å². The van der Waals surface area contributed by atoms with Crippen LogP contribution in [0.25, 0.3) is 10.9 Å². The third-order valence-corrected chi connectivity index (χ3v) is 6.04. The summed E-state index contributed by atoms with van der Waals surface area (Å²) in [7, 11) is 1.64. The Hall–Kier alpha value is -3.28. The van der Waals surface area contributed by atoms with Gasteiger partial charge in [0.25, 0.3) is 0 Å². The molecule has 6 nitrogen and oxygen atoms in total. The van der Waals surface area contributed by atoms with Crippen LogP contribution in [-0.4, -0.2) is 52.8 Å². The van der Waals surface area contributed by atoms with Crippen molar-refractivity contribution in [3.8, 4) is 5.75 Å². The summed E-state index contributed by atoms with van der Waals surface area (Å²) in [5, 5.41) is 1.17.